The van der Waals surface area contributed by atoms with E-state index < -0.39 is 20.1 Å². The molecular weight excluding hydrogens is 485 g/mol. The van der Waals surface area contributed by atoms with E-state index >= 15 is 0 Å². The van der Waals surface area contributed by atoms with Gasteiger partial charge in [0.05, 0.1) is 5.39 Å². The largest absolute Gasteiger partial charge is 0.354 e. The Kier molecular flexibility index (Phi) is 6.47. The number of fused-ring (bicyclic) bond motifs is 1. The molecule has 0 amide bonds. The molecule has 0 saturated heterocycles. The van der Waals surface area contributed by atoms with Gasteiger partial charge in [0.15, 0.2) is 5.65 Å². The lowest BCUT2D eigenvalue weighted by atomic mass is 9.89. The monoisotopic (exact) mass is 507 g/mol. The van der Waals surface area contributed by atoms with Crippen molar-refractivity contribution in [3.05, 3.63) is 59.3 Å². The Morgan fingerprint density at radius 3 is 2.67 bits per heavy atom. The molecule has 9 nitrogen and oxygen atoms in total. The van der Waals surface area contributed by atoms with Gasteiger partial charge in [-0.25, -0.2) is 23.2 Å². The fourth-order valence-corrected chi connectivity index (χ4v) is 5.80. The van der Waals surface area contributed by atoms with Crippen LogP contribution in [0.4, 0.5) is 5.95 Å². The smallest absolute Gasteiger partial charge is 0.224 e. The van der Waals surface area contributed by atoms with E-state index in [-0.39, 0.29) is 5.03 Å². The summed E-state index contributed by atoms with van der Waals surface area (Å²) in [7, 11) is -2.20. The van der Waals surface area contributed by atoms with Gasteiger partial charge in [0.2, 0.25) is 16.0 Å². The number of halogens is 2. The van der Waals surface area contributed by atoms with Crippen LogP contribution >= 0.6 is 23.2 Å². The van der Waals surface area contributed by atoms with Gasteiger partial charge in [0, 0.05) is 30.4 Å². The third-order valence-corrected chi connectivity index (χ3v) is 7.97. The number of sulfonamides is 1. The normalized spacial score (nSPS) is 20.8. The third-order valence-electron chi connectivity index (χ3n) is 5.44. The maximum Gasteiger partial charge on any atom is 0.224 e. The summed E-state index contributed by atoms with van der Waals surface area (Å²) in [6.07, 6.45) is 7.06. The summed E-state index contributed by atoms with van der Waals surface area (Å²) in [6, 6.07) is 7.05. The fourth-order valence-electron chi connectivity index (χ4n) is 3.78. The lowest BCUT2D eigenvalue weighted by Crippen LogP contribution is -2.44. The van der Waals surface area contributed by atoms with E-state index in [1.165, 1.54) is 12.2 Å². The van der Waals surface area contributed by atoms with Gasteiger partial charge in [-0.1, -0.05) is 48.0 Å². The summed E-state index contributed by atoms with van der Waals surface area (Å²) >= 11 is 13.2. The first-order valence-corrected chi connectivity index (χ1v) is 12.5. The molecule has 33 heavy (non-hydrogen) atoms. The number of nitrogens with one attached hydrogen (secondary N) is 1. The van der Waals surface area contributed by atoms with Crippen LogP contribution in [0.25, 0.3) is 22.3 Å². The SMILES string of the molecule is Cn1nc(-c2ccc(C3(Cl)C(Cl)=CC=CC3S(N)(=O)=O)cc2)c2cnc(NCCCN)nc21. The lowest BCUT2D eigenvalue weighted by molar-refractivity contribution is 0.575. The van der Waals surface area contributed by atoms with Crippen LogP contribution in [0.5, 0.6) is 0 Å². The highest BCUT2D eigenvalue weighted by Gasteiger charge is 2.47. The topological polar surface area (TPSA) is 142 Å². The van der Waals surface area contributed by atoms with Gasteiger partial charge in [-0.2, -0.15) is 10.1 Å². The minimum atomic E-state index is -4.00. The highest BCUT2D eigenvalue weighted by molar-refractivity contribution is 7.90. The Labute approximate surface area is 201 Å². The number of benzene rings is 1. The van der Waals surface area contributed by atoms with Crippen molar-refractivity contribution in [3.8, 4) is 11.3 Å². The average molecular weight is 508 g/mol. The van der Waals surface area contributed by atoms with E-state index in [1.54, 1.807) is 48.3 Å². The van der Waals surface area contributed by atoms with Crippen molar-refractivity contribution < 1.29 is 8.42 Å². The summed E-state index contributed by atoms with van der Waals surface area (Å²) < 4.78 is 26.1. The molecule has 1 aromatic carbocycles. The summed E-state index contributed by atoms with van der Waals surface area (Å²) in [6.45, 7) is 1.26. The molecule has 0 saturated carbocycles. The number of primary sulfonamides is 1. The Morgan fingerprint density at radius 2 is 2.00 bits per heavy atom. The fraction of sp³-hybridized carbons (Fsp3) is 0.286. The zero-order valence-corrected chi connectivity index (χ0v) is 20.1. The van der Waals surface area contributed by atoms with Crippen LogP contribution in [0, 0.1) is 0 Å². The molecule has 0 radical (unpaired) electrons. The predicted molar refractivity (Wildman–Crippen MR) is 131 cm³/mol. The van der Waals surface area contributed by atoms with Crippen LogP contribution < -0.4 is 16.2 Å². The minimum Gasteiger partial charge on any atom is -0.354 e. The van der Waals surface area contributed by atoms with Crippen molar-refractivity contribution in [1.82, 2.24) is 19.7 Å². The molecule has 5 N–H and O–H groups in total. The van der Waals surface area contributed by atoms with Crippen LogP contribution in [0.1, 0.15) is 12.0 Å². The Bertz CT molecular complexity index is 1350. The van der Waals surface area contributed by atoms with Crippen molar-refractivity contribution in [2.45, 2.75) is 16.5 Å². The molecule has 12 heteroatoms. The predicted octanol–water partition coefficient (Wildman–Crippen LogP) is 2.57. The second-order valence-electron chi connectivity index (χ2n) is 7.67. The van der Waals surface area contributed by atoms with Gasteiger partial charge in [0.25, 0.3) is 0 Å². The van der Waals surface area contributed by atoms with E-state index in [9.17, 15) is 8.42 Å². The second kappa shape index (κ2) is 9.03. The van der Waals surface area contributed by atoms with Crippen molar-refractivity contribution in [2.24, 2.45) is 17.9 Å². The first-order valence-electron chi connectivity index (χ1n) is 10.2. The Hall–Kier alpha value is -2.50. The highest BCUT2D eigenvalue weighted by atomic mass is 35.5. The molecule has 1 aliphatic carbocycles. The first kappa shape index (κ1) is 23.7. The van der Waals surface area contributed by atoms with Crippen LogP contribution in [0.15, 0.2) is 53.7 Å². The number of aryl methyl sites for hydroxylation is 1. The number of nitrogens with two attached hydrogens (primary N) is 2. The van der Waals surface area contributed by atoms with E-state index in [4.69, 9.17) is 34.1 Å². The van der Waals surface area contributed by atoms with E-state index in [0.717, 1.165) is 17.4 Å². The van der Waals surface area contributed by atoms with E-state index in [0.29, 0.717) is 35.9 Å². The number of nitrogens with zero attached hydrogens (tertiary/aromatic N) is 4. The molecule has 3 aromatic rings. The molecule has 2 aromatic heterocycles. The van der Waals surface area contributed by atoms with Gasteiger partial charge in [0.1, 0.15) is 15.8 Å². The molecular formula is C21H23Cl2N7O2S. The van der Waals surface area contributed by atoms with Gasteiger partial charge in [-0.15, -0.1) is 11.6 Å². The maximum atomic E-state index is 12.2. The van der Waals surface area contributed by atoms with Crippen LogP contribution in [-0.2, 0) is 21.9 Å². The van der Waals surface area contributed by atoms with Gasteiger partial charge in [-0.05, 0) is 24.6 Å². The molecule has 0 fully saturated rings. The van der Waals surface area contributed by atoms with Gasteiger partial charge < -0.3 is 11.1 Å². The van der Waals surface area contributed by atoms with Crippen LogP contribution in [0.2, 0.25) is 0 Å². The number of allylic oxidation sites excluding steroid dienone is 3. The minimum absolute atomic E-state index is 0.171. The summed E-state index contributed by atoms with van der Waals surface area (Å²) in [5.41, 5.74) is 8.17. The first-order chi connectivity index (χ1) is 15.7. The zero-order valence-electron chi connectivity index (χ0n) is 17.7. The molecule has 2 unspecified atom stereocenters. The molecule has 0 spiro atoms. The van der Waals surface area contributed by atoms with Crippen molar-refractivity contribution in [3.63, 3.8) is 0 Å². The summed E-state index contributed by atoms with van der Waals surface area (Å²) in [5, 5.41) is 12.9. The Morgan fingerprint density at radius 1 is 1.27 bits per heavy atom. The number of hydrogen-bond donors (Lipinski definition) is 3. The van der Waals surface area contributed by atoms with Crippen molar-refractivity contribution in [2.75, 3.05) is 18.4 Å². The molecule has 0 bridgehead atoms. The van der Waals surface area contributed by atoms with Gasteiger partial charge in [-0.3, -0.25) is 0 Å². The second-order valence-corrected chi connectivity index (χ2v) is 10.4. The number of alkyl halides is 1. The quantitative estimate of drug-likeness (QED) is 0.329. The molecule has 2 heterocycles. The summed E-state index contributed by atoms with van der Waals surface area (Å²) in [4.78, 5) is 7.40. The highest BCUT2D eigenvalue weighted by Crippen LogP contribution is 2.47. The van der Waals surface area contributed by atoms with Crippen molar-refractivity contribution in [1.29, 1.82) is 0 Å². The molecule has 4 rings (SSSR count). The molecule has 1 aliphatic rings. The van der Waals surface area contributed by atoms with Gasteiger partial charge >= 0.3 is 0 Å². The lowest BCUT2D eigenvalue weighted by Gasteiger charge is -2.34. The van der Waals surface area contributed by atoms with E-state index in [2.05, 4.69) is 20.4 Å². The Balaban J connectivity index is 1.70. The number of rotatable bonds is 7. The molecule has 0 aliphatic heterocycles. The number of hydrogen-bond acceptors (Lipinski definition) is 7. The van der Waals surface area contributed by atoms with E-state index in [1.807, 2.05) is 0 Å². The molecule has 2 atom stereocenters. The maximum absolute atomic E-state index is 12.2. The average Bonchev–Trinajstić information content (AvgIpc) is 3.11. The van der Waals surface area contributed by atoms with Crippen LogP contribution in [0.3, 0.4) is 0 Å². The zero-order chi connectivity index (χ0) is 23.8. The summed E-state index contributed by atoms with van der Waals surface area (Å²) in [5.74, 6) is 0.505. The standard InChI is InChI=1S/C21H23Cl2N7O2S/c1-30-19-15(12-27-20(28-19)26-11-3-10-24)18(29-30)13-6-8-14(9-7-13)21(23)16(22)4-2-5-17(21)33(25,31)32/h2,4-9,12,17H,3,10-11,24H2,1H3,(H2,25,31,32)(H,26,27,28). The van der Waals surface area contributed by atoms with Crippen LogP contribution in [-0.4, -0.2) is 46.5 Å². The number of aromatic nitrogens is 4. The number of anilines is 1. The van der Waals surface area contributed by atoms with Crippen molar-refractivity contribution >= 4 is 50.2 Å². The molecule has 174 valence electrons. The third kappa shape index (κ3) is 4.36.